The molecule has 4 heteroatoms. The van der Waals surface area contributed by atoms with E-state index >= 15 is 0 Å². The normalized spacial score (nSPS) is 16.9. The average molecular weight is 409 g/mol. The highest BCUT2D eigenvalue weighted by Crippen LogP contribution is 2.20. The fourth-order valence-corrected chi connectivity index (χ4v) is 4.10. The first-order chi connectivity index (χ1) is 14.7. The molecule has 3 rings (SSSR count). The molecule has 1 aliphatic heterocycles. The first-order valence-corrected chi connectivity index (χ1v) is 11.5. The van der Waals surface area contributed by atoms with Crippen molar-refractivity contribution < 1.29 is 9.53 Å². The van der Waals surface area contributed by atoms with Gasteiger partial charge in [-0.15, -0.1) is 0 Å². The molecular weight excluding hydrogens is 372 g/mol. The first-order valence-electron chi connectivity index (χ1n) is 11.5. The number of carbonyl (C=O) groups is 1. The Morgan fingerprint density at radius 3 is 2.73 bits per heavy atom. The smallest absolute Gasteiger partial charge is 0.251 e. The number of likely N-dealkylation sites (tertiary alicyclic amines) is 1. The zero-order valence-electron chi connectivity index (χ0n) is 18.5. The molecule has 1 atom stereocenters. The molecule has 162 valence electrons. The molecule has 1 amide bonds. The van der Waals surface area contributed by atoms with Crippen LogP contribution in [-0.4, -0.2) is 37.0 Å². The van der Waals surface area contributed by atoms with Crippen LogP contribution in [0.4, 0.5) is 0 Å². The van der Waals surface area contributed by atoms with E-state index in [1.807, 2.05) is 30.3 Å². The van der Waals surface area contributed by atoms with E-state index in [1.54, 1.807) is 0 Å². The Labute approximate surface area is 181 Å². The molecule has 0 aromatic heterocycles. The van der Waals surface area contributed by atoms with Crippen molar-refractivity contribution >= 4 is 5.91 Å². The molecule has 0 spiro atoms. The number of carbonyl (C=O) groups excluding carboxylic acids is 1. The Morgan fingerprint density at radius 1 is 1.17 bits per heavy atom. The van der Waals surface area contributed by atoms with Gasteiger partial charge in [-0.3, -0.25) is 9.69 Å². The first kappa shape index (κ1) is 22.4. The van der Waals surface area contributed by atoms with E-state index < -0.39 is 0 Å². The second-order valence-corrected chi connectivity index (χ2v) is 8.50. The number of nitrogens with zero attached hydrogens (tertiary/aromatic N) is 1. The highest BCUT2D eigenvalue weighted by Gasteiger charge is 2.16. The summed E-state index contributed by atoms with van der Waals surface area (Å²) in [6.07, 6.45) is 5.42. The minimum atomic E-state index is 0.00339. The van der Waals surface area contributed by atoms with Gasteiger partial charge in [0.25, 0.3) is 5.91 Å². The summed E-state index contributed by atoms with van der Waals surface area (Å²) in [5.74, 6) is 1.75. The standard InChI is InChI=1S/C26H36N2O2/c1-3-18-30-25-11-5-4-9-23(25)10-6-16-27-26(29)24-14-12-22(13-15-24)20-28-17-7-8-21(2)19-28/h4-5,9,11-15,21H,3,6-8,10,16-20H2,1-2H3,(H,27,29)/t21-/m1/s1. The highest BCUT2D eigenvalue weighted by atomic mass is 16.5. The molecule has 2 aromatic rings. The average Bonchev–Trinajstić information content (AvgIpc) is 2.76. The second kappa shape index (κ2) is 11.8. The molecule has 2 aromatic carbocycles. The van der Waals surface area contributed by atoms with Crippen LogP contribution >= 0.6 is 0 Å². The maximum Gasteiger partial charge on any atom is 0.251 e. The van der Waals surface area contributed by atoms with Crippen molar-refractivity contribution in [2.75, 3.05) is 26.2 Å². The fourth-order valence-electron chi connectivity index (χ4n) is 4.10. The molecule has 1 fully saturated rings. The number of hydrogen-bond acceptors (Lipinski definition) is 3. The second-order valence-electron chi connectivity index (χ2n) is 8.50. The van der Waals surface area contributed by atoms with Crippen molar-refractivity contribution in [3.8, 4) is 5.75 Å². The molecule has 1 aliphatic rings. The van der Waals surface area contributed by atoms with Gasteiger partial charge in [-0.1, -0.05) is 44.2 Å². The lowest BCUT2D eigenvalue weighted by molar-refractivity contribution is 0.0953. The summed E-state index contributed by atoms with van der Waals surface area (Å²) in [6, 6.07) is 16.3. The van der Waals surface area contributed by atoms with Gasteiger partial charge in [0.1, 0.15) is 5.75 Å². The molecule has 1 heterocycles. The van der Waals surface area contributed by atoms with Crippen LogP contribution in [0.3, 0.4) is 0 Å². The number of amides is 1. The summed E-state index contributed by atoms with van der Waals surface area (Å²) in [7, 11) is 0. The van der Waals surface area contributed by atoms with Gasteiger partial charge in [-0.05, 0) is 73.9 Å². The lowest BCUT2D eigenvalue weighted by atomic mass is 9.99. The summed E-state index contributed by atoms with van der Waals surface area (Å²) in [5.41, 5.74) is 3.22. The predicted octanol–water partition coefficient (Wildman–Crippen LogP) is 5.07. The number of aryl methyl sites for hydroxylation is 1. The van der Waals surface area contributed by atoms with Crippen LogP contribution in [0.5, 0.6) is 5.75 Å². The Bertz CT molecular complexity index is 788. The van der Waals surface area contributed by atoms with Crippen molar-refractivity contribution in [3.05, 3.63) is 65.2 Å². The van der Waals surface area contributed by atoms with Gasteiger partial charge >= 0.3 is 0 Å². The van der Waals surface area contributed by atoms with Crippen molar-refractivity contribution in [2.24, 2.45) is 5.92 Å². The third-order valence-corrected chi connectivity index (χ3v) is 5.71. The van der Waals surface area contributed by atoms with Crippen molar-refractivity contribution in [2.45, 2.75) is 52.5 Å². The molecule has 4 nitrogen and oxygen atoms in total. The molecule has 0 saturated carbocycles. The quantitative estimate of drug-likeness (QED) is 0.558. The fraction of sp³-hybridized carbons (Fsp3) is 0.500. The van der Waals surface area contributed by atoms with Crippen LogP contribution in [0, 0.1) is 5.92 Å². The van der Waals surface area contributed by atoms with Crippen molar-refractivity contribution in [1.82, 2.24) is 10.2 Å². The van der Waals surface area contributed by atoms with E-state index in [9.17, 15) is 4.79 Å². The highest BCUT2D eigenvalue weighted by molar-refractivity contribution is 5.94. The van der Waals surface area contributed by atoms with E-state index in [0.717, 1.165) is 49.6 Å². The number of para-hydroxylation sites is 1. The molecule has 0 aliphatic carbocycles. The lowest BCUT2D eigenvalue weighted by Crippen LogP contribution is -2.33. The van der Waals surface area contributed by atoms with E-state index in [1.165, 1.54) is 37.1 Å². The number of piperidine rings is 1. The van der Waals surface area contributed by atoms with Gasteiger partial charge in [0.05, 0.1) is 6.61 Å². The summed E-state index contributed by atoms with van der Waals surface area (Å²) < 4.78 is 5.81. The predicted molar refractivity (Wildman–Crippen MR) is 123 cm³/mol. The number of benzene rings is 2. The summed E-state index contributed by atoms with van der Waals surface area (Å²) >= 11 is 0. The van der Waals surface area contributed by atoms with Gasteiger partial charge in [0, 0.05) is 25.2 Å². The van der Waals surface area contributed by atoms with Crippen LogP contribution in [0.2, 0.25) is 0 Å². The van der Waals surface area contributed by atoms with Crippen LogP contribution < -0.4 is 10.1 Å². The monoisotopic (exact) mass is 408 g/mol. The van der Waals surface area contributed by atoms with Gasteiger partial charge in [-0.2, -0.15) is 0 Å². The number of nitrogens with one attached hydrogen (secondary N) is 1. The topological polar surface area (TPSA) is 41.6 Å². The van der Waals surface area contributed by atoms with Gasteiger partial charge in [0.2, 0.25) is 0 Å². The Hall–Kier alpha value is -2.33. The van der Waals surface area contributed by atoms with Crippen molar-refractivity contribution in [1.29, 1.82) is 0 Å². The van der Waals surface area contributed by atoms with Crippen molar-refractivity contribution in [3.63, 3.8) is 0 Å². The van der Waals surface area contributed by atoms with E-state index in [0.29, 0.717) is 6.54 Å². The van der Waals surface area contributed by atoms with E-state index in [-0.39, 0.29) is 5.91 Å². The Morgan fingerprint density at radius 2 is 1.97 bits per heavy atom. The molecule has 30 heavy (non-hydrogen) atoms. The van der Waals surface area contributed by atoms with Gasteiger partial charge in [-0.25, -0.2) is 0 Å². The zero-order chi connectivity index (χ0) is 21.2. The lowest BCUT2D eigenvalue weighted by Gasteiger charge is -2.30. The number of rotatable bonds is 10. The SMILES string of the molecule is CCCOc1ccccc1CCCNC(=O)c1ccc(CN2CCC[C@@H](C)C2)cc1. The summed E-state index contributed by atoms with van der Waals surface area (Å²) in [4.78, 5) is 15.0. The Balaban J connectivity index is 1.42. The molecule has 1 saturated heterocycles. The van der Waals surface area contributed by atoms with Crippen LogP contribution in [0.25, 0.3) is 0 Å². The third-order valence-electron chi connectivity index (χ3n) is 5.71. The van der Waals surface area contributed by atoms with Gasteiger partial charge in [0.15, 0.2) is 0 Å². The van der Waals surface area contributed by atoms with Crippen LogP contribution in [-0.2, 0) is 13.0 Å². The van der Waals surface area contributed by atoms with Crippen LogP contribution in [0.1, 0.15) is 61.0 Å². The number of hydrogen-bond donors (Lipinski definition) is 1. The third kappa shape index (κ3) is 6.88. The molecule has 1 N–H and O–H groups in total. The minimum absolute atomic E-state index is 0.00339. The van der Waals surface area contributed by atoms with E-state index in [2.05, 4.69) is 42.3 Å². The van der Waals surface area contributed by atoms with Crippen LogP contribution in [0.15, 0.2) is 48.5 Å². The molecular formula is C26H36N2O2. The maximum absolute atomic E-state index is 12.5. The van der Waals surface area contributed by atoms with E-state index in [4.69, 9.17) is 4.74 Å². The molecule has 0 radical (unpaired) electrons. The van der Waals surface area contributed by atoms with Gasteiger partial charge < -0.3 is 10.1 Å². The maximum atomic E-state index is 12.5. The zero-order valence-corrected chi connectivity index (χ0v) is 18.5. The number of ether oxygens (including phenoxy) is 1. The minimum Gasteiger partial charge on any atom is -0.493 e. The largest absolute Gasteiger partial charge is 0.493 e. The molecule has 0 unspecified atom stereocenters. The summed E-state index contributed by atoms with van der Waals surface area (Å²) in [5, 5.41) is 3.05. The molecule has 0 bridgehead atoms. The summed E-state index contributed by atoms with van der Waals surface area (Å²) in [6.45, 7) is 9.17. The Kier molecular flexibility index (Phi) is 8.76.